The lowest BCUT2D eigenvalue weighted by Gasteiger charge is -2.14. The molecule has 0 aliphatic rings. The number of ketones is 2. The molecule has 0 spiro atoms. The predicted octanol–water partition coefficient (Wildman–Crippen LogP) is 3.79. The van der Waals surface area contributed by atoms with Crippen LogP contribution in [0.1, 0.15) is 38.2 Å². The third kappa shape index (κ3) is 11.6. The van der Waals surface area contributed by atoms with Crippen LogP contribution in [-0.2, 0) is 14.3 Å². The van der Waals surface area contributed by atoms with Gasteiger partial charge in [0.25, 0.3) is 0 Å². The van der Waals surface area contributed by atoms with Gasteiger partial charge in [0.05, 0.1) is 18.5 Å². The predicted molar refractivity (Wildman–Crippen MR) is 118 cm³/mol. The van der Waals surface area contributed by atoms with E-state index in [1.807, 2.05) is 67.6 Å². The van der Waals surface area contributed by atoms with Crippen LogP contribution in [0.5, 0.6) is 0 Å². The fourth-order valence-electron chi connectivity index (χ4n) is 2.59. The van der Waals surface area contributed by atoms with Gasteiger partial charge in [-0.3, -0.25) is 10.2 Å². The van der Waals surface area contributed by atoms with Crippen LogP contribution < -0.4 is 11.2 Å². The maximum Gasteiger partial charge on any atom is 0.176 e. The fraction of sp³-hybridized carbons (Fsp3) is 0.348. The van der Waals surface area contributed by atoms with E-state index in [1.54, 1.807) is 6.92 Å². The summed E-state index contributed by atoms with van der Waals surface area (Å²) < 4.78 is 4.86. The number of carbonyl (C=O) groups excluding carboxylic acids is 2. The second kappa shape index (κ2) is 15.1. The molecule has 0 bridgehead atoms. The summed E-state index contributed by atoms with van der Waals surface area (Å²) in [6, 6.07) is 19.1. The molecule has 6 heteroatoms. The van der Waals surface area contributed by atoms with E-state index < -0.39 is 0 Å². The smallest absolute Gasteiger partial charge is 0.176 e. The van der Waals surface area contributed by atoms with E-state index in [2.05, 4.69) is 10.5 Å². The summed E-state index contributed by atoms with van der Waals surface area (Å²) in [5, 5.41) is 3.96. The van der Waals surface area contributed by atoms with Crippen LogP contribution in [0.25, 0.3) is 0 Å². The third-order valence-corrected chi connectivity index (χ3v) is 3.89. The van der Waals surface area contributed by atoms with E-state index in [9.17, 15) is 9.59 Å². The molecule has 3 N–H and O–H groups in total. The number of ether oxygens (including phenoxy) is 1. The van der Waals surface area contributed by atoms with E-state index in [1.165, 1.54) is 6.21 Å². The van der Waals surface area contributed by atoms with Crippen molar-refractivity contribution >= 4 is 23.5 Å². The van der Waals surface area contributed by atoms with E-state index >= 15 is 0 Å². The van der Waals surface area contributed by atoms with Gasteiger partial charge in [0.15, 0.2) is 5.78 Å². The van der Waals surface area contributed by atoms with Crippen LogP contribution in [0.2, 0.25) is 0 Å². The van der Waals surface area contributed by atoms with E-state index in [4.69, 9.17) is 10.5 Å². The van der Waals surface area contributed by atoms with Crippen molar-refractivity contribution in [3.8, 4) is 0 Å². The van der Waals surface area contributed by atoms with Crippen molar-refractivity contribution in [3.05, 3.63) is 66.2 Å². The zero-order valence-electron chi connectivity index (χ0n) is 17.2. The number of hydrazone groups is 1. The largest absolute Gasteiger partial charge is 0.380 e. The fourth-order valence-corrected chi connectivity index (χ4v) is 2.59. The van der Waals surface area contributed by atoms with Crippen molar-refractivity contribution in [3.63, 3.8) is 0 Å². The molecule has 0 aliphatic carbocycles. The van der Waals surface area contributed by atoms with Crippen molar-refractivity contribution in [2.75, 3.05) is 25.2 Å². The van der Waals surface area contributed by atoms with Gasteiger partial charge in [-0.2, -0.15) is 5.10 Å². The van der Waals surface area contributed by atoms with Gasteiger partial charge in [-0.15, -0.1) is 0 Å². The minimum atomic E-state index is -0.108. The van der Waals surface area contributed by atoms with Crippen LogP contribution in [0.3, 0.4) is 0 Å². The van der Waals surface area contributed by atoms with Gasteiger partial charge in [-0.1, -0.05) is 48.5 Å². The molecule has 29 heavy (non-hydrogen) atoms. The lowest BCUT2D eigenvalue weighted by atomic mass is 9.89. The normalized spacial score (nSPS) is 11.4. The van der Waals surface area contributed by atoms with E-state index in [0.717, 1.165) is 17.9 Å². The second-order valence-electron chi connectivity index (χ2n) is 6.41. The number of Topliss-reactive ketones (excluding diaryl/α,β-unsaturated/α-hetero) is 2. The maximum atomic E-state index is 12.1. The van der Waals surface area contributed by atoms with Gasteiger partial charge in [-0.05, 0) is 37.5 Å². The number of nitrogens with one attached hydrogen (secondary N) is 1. The first-order chi connectivity index (χ1) is 14.1. The molecule has 0 heterocycles. The molecule has 2 aromatic carbocycles. The summed E-state index contributed by atoms with van der Waals surface area (Å²) in [7, 11) is 0. The van der Waals surface area contributed by atoms with Crippen molar-refractivity contribution in [1.82, 2.24) is 0 Å². The summed E-state index contributed by atoms with van der Waals surface area (Å²) in [5.41, 5.74) is 9.72. The highest BCUT2D eigenvalue weighted by molar-refractivity contribution is 6.27. The topological polar surface area (TPSA) is 93.8 Å². The molecule has 0 aromatic heterocycles. The van der Waals surface area contributed by atoms with Gasteiger partial charge < -0.3 is 15.3 Å². The number of nitrogens with two attached hydrogens (primary N) is 1. The summed E-state index contributed by atoms with van der Waals surface area (Å²) >= 11 is 0. The summed E-state index contributed by atoms with van der Waals surface area (Å²) in [4.78, 5) is 23.5. The monoisotopic (exact) mass is 397 g/mol. The van der Waals surface area contributed by atoms with Crippen molar-refractivity contribution < 1.29 is 14.3 Å². The molecule has 0 saturated heterocycles. The van der Waals surface area contributed by atoms with Crippen LogP contribution in [0, 0.1) is 0 Å². The molecule has 156 valence electrons. The number of hydrogen-bond donors (Lipinski definition) is 2. The lowest BCUT2D eigenvalue weighted by molar-refractivity contribution is -0.117. The Morgan fingerprint density at radius 2 is 1.69 bits per heavy atom. The lowest BCUT2D eigenvalue weighted by Crippen LogP contribution is -2.12. The first-order valence-electron chi connectivity index (χ1n) is 9.76. The molecular weight excluding hydrogens is 366 g/mol. The second-order valence-corrected chi connectivity index (χ2v) is 6.41. The minimum absolute atomic E-state index is 0.0750. The Hall–Kier alpha value is -2.83. The molecule has 2 aromatic rings. The van der Waals surface area contributed by atoms with Crippen LogP contribution in [-0.4, -0.2) is 37.5 Å². The van der Waals surface area contributed by atoms with Crippen LogP contribution in [0.15, 0.2) is 65.8 Å². The standard InChI is InChI=1S/C19H20N2O2.C4H11NO/c1-15(22)12-17(16-8-4-2-5-9-16)13-19(23)14-20-21-18-10-6-3-7-11-18;1-2-6-4-3-5/h2-11,14,17,21H,12-13H2,1H3;2-5H2,1H3/b20-14+;. The minimum Gasteiger partial charge on any atom is -0.380 e. The molecule has 0 fully saturated rings. The number of anilines is 1. The molecule has 1 atom stereocenters. The van der Waals surface area contributed by atoms with Gasteiger partial charge in [0, 0.05) is 26.0 Å². The van der Waals surface area contributed by atoms with Gasteiger partial charge in [-0.25, -0.2) is 0 Å². The molecular formula is C23H31N3O3. The maximum absolute atomic E-state index is 12.1. The first-order valence-corrected chi connectivity index (χ1v) is 9.76. The molecule has 2 rings (SSSR count). The molecule has 6 nitrogen and oxygen atoms in total. The zero-order chi connectivity index (χ0) is 21.3. The van der Waals surface area contributed by atoms with Gasteiger partial charge in [0.1, 0.15) is 5.78 Å². The van der Waals surface area contributed by atoms with E-state index in [-0.39, 0.29) is 23.9 Å². The molecule has 0 radical (unpaired) electrons. The highest BCUT2D eigenvalue weighted by Crippen LogP contribution is 2.23. The number of carbonyl (C=O) groups is 2. The summed E-state index contributed by atoms with van der Waals surface area (Å²) in [6.07, 6.45) is 1.91. The number of nitrogens with zero attached hydrogens (tertiary/aromatic N) is 1. The number of benzene rings is 2. The van der Waals surface area contributed by atoms with Crippen molar-refractivity contribution in [1.29, 1.82) is 0 Å². The molecule has 0 saturated carbocycles. The van der Waals surface area contributed by atoms with Crippen molar-refractivity contribution in [2.24, 2.45) is 10.8 Å². The quantitative estimate of drug-likeness (QED) is 0.342. The molecule has 0 aliphatic heterocycles. The van der Waals surface area contributed by atoms with Gasteiger partial charge in [0.2, 0.25) is 0 Å². The SMILES string of the molecule is CC(=O)CC(CC(=O)/C=N/Nc1ccccc1)c1ccccc1.CCOCCN. The Morgan fingerprint density at radius 1 is 1.07 bits per heavy atom. The zero-order valence-corrected chi connectivity index (χ0v) is 17.2. The van der Waals surface area contributed by atoms with Crippen LogP contribution >= 0.6 is 0 Å². The highest BCUT2D eigenvalue weighted by atomic mass is 16.5. The Morgan fingerprint density at radius 3 is 2.21 bits per heavy atom. The highest BCUT2D eigenvalue weighted by Gasteiger charge is 2.16. The molecule has 1 unspecified atom stereocenters. The summed E-state index contributed by atoms with van der Waals surface area (Å²) in [5.74, 6) is -0.140. The number of hydrogen-bond acceptors (Lipinski definition) is 6. The Kier molecular flexibility index (Phi) is 12.6. The Bertz CT molecular complexity index is 730. The van der Waals surface area contributed by atoms with Crippen molar-refractivity contribution in [2.45, 2.75) is 32.6 Å². The number of rotatable bonds is 11. The Labute approximate surface area is 173 Å². The Balaban J connectivity index is 0.000000612. The van der Waals surface area contributed by atoms with Gasteiger partial charge >= 0.3 is 0 Å². The summed E-state index contributed by atoms with van der Waals surface area (Å²) in [6.45, 7) is 5.60. The molecule has 0 amide bonds. The average Bonchev–Trinajstić information content (AvgIpc) is 2.73. The van der Waals surface area contributed by atoms with E-state index in [0.29, 0.717) is 19.6 Å². The first kappa shape index (κ1) is 24.2. The average molecular weight is 398 g/mol. The van der Waals surface area contributed by atoms with Crippen LogP contribution in [0.4, 0.5) is 5.69 Å². The third-order valence-electron chi connectivity index (χ3n) is 3.89. The number of para-hydroxylation sites is 1.